The molecule has 0 bridgehead atoms. The number of halogens is 2. The highest BCUT2D eigenvalue weighted by atomic mass is 32.2. The summed E-state index contributed by atoms with van der Waals surface area (Å²) >= 11 is 0. The Morgan fingerprint density at radius 2 is 1.43 bits per heavy atom. The van der Waals surface area contributed by atoms with Crippen LogP contribution in [0.1, 0.15) is 37.8 Å². The van der Waals surface area contributed by atoms with Crippen molar-refractivity contribution in [3.63, 3.8) is 0 Å². The zero-order valence-electron chi connectivity index (χ0n) is 26.4. The van der Waals surface area contributed by atoms with Crippen molar-refractivity contribution in [1.29, 1.82) is 0 Å². The number of nitrogens with one attached hydrogen (secondary N) is 1. The minimum Gasteiger partial charge on any atom is -0.494 e. The second-order valence-electron chi connectivity index (χ2n) is 10.9. The van der Waals surface area contributed by atoms with E-state index >= 15 is 0 Å². The molecule has 4 rings (SSSR count). The maximum absolute atomic E-state index is 14.4. The second kappa shape index (κ2) is 16.7. The standard InChI is InChI=1S/C36H39F2N3O5S/c1-3-5-23-39-36(43)34(24-27-9-7-6-8-10-27)40(25-28-11-13-29(37)14-12-28)35(42)26-41(31-17-19-32(20-18-31)46-4-2)47(44,45)33-21-15-30(38)16-22-33/h6-22,34H,3-5,23-26H2,1-2H3,(H,39,43). The minimum atomic E-state index is -4.40. The first-order chi connectivity index (χ1) is 22.6. The Morgan fingerprint density at radius 3 is 2.02 bits per heavy atom. The van der Waals surface area contributed by atoms with Crippen molar-refractivity contribution < 1.29 is 31.5 Å². The van der Waals surface area contributed by atoms with E-state index in [0.29, 0.717) is 24.5 Å². The third-order valence-corrected chi connectivity index (χ3v) is 9.27. The summed E-state index contributed by atoms with van der Waals surface area (Å²) in [4.78, 5) is 29.3. The van der Waals surface area contributed by atoms with Crippen LogP contribution in [0.15, 0.2) is 108 Å². The first-order valence-corrected chi connectivity index (χ1v) is 16.9. The Kier molecular flexibility index (Phi) is 12.5. The number of carbonyl (C=O) groups is 2. The molecule has 0 heterocycles. The first-order valence-electron chi connectivity index (χ1n) is 15.5. The molecule has 4 aromatic rings. The lowest BCUT2D eigenvalue weighted by Gasteiger charge is -2.34. The molecule has 1 atom stereocenters. The average molecular weight is 664 g/mol. The molecule has 0 spiro atoms. The lowest BCUT2D eigenvalue weighted by Crippen LogP contribution is -2.53. The van der Waals surface area contributed by atoms with Crippen LogP contribution >= 0.6 is 0 Å². The van der Waals surface area contributed by atoms with Crippen LogP contribution in [-0.2, 0) is 32.6 Å². The Balaban J connectivity index is 1.78. The van der Waals surface area contributed by atoms with Crippen LogP contribution in [0.25, 0.3) is 0 Å². The Hall–Kier alpha value is -4.77. The summed E-state index contributed by atoms with van der Waals surface area (Å²) < 4.78 is 62.2. The van der Waals surface area contributed by atoms with Gasteiger partial charge in [-0.05, 0) is 85.1 Å². The summed E-state index contributed by atoms with van der Waals surface area (Å²) in [5, 5.41) is 2.92. The molecule has 11 heteroatoms. The molecule has 4 aromatic carbocycles. The number of sulfonamides is 1. The van der Waals surface area contributed by atoms with Crippen LogP contribution in [0.5, 0.6) is 5.75 Å². The number of nitrogens with zero attached hydrogens (tertiary/aromatic N) is 2. The molecule has 1 N–H and O–H groups in total. The molecule has 47 heavy (non-hydrogen) atoms. The van der Waals surface area contributed by atoms with Crippen molar-refractivity contribution in [2.45, 2.75) is 50.6 Å². The van der Waals surface area contributed by atoms with Gasteiger partial charge in [-0.3, -0.25) is 13.9 Å². The number of hydrogen-bond donors (Lipinski definition) is 1. The van der Waals surface area contributed by atoms with E-state index in [1.54, 1.807) is 12.1 Å². The van der Waals surface area contributed by atoms with Crippen molar-refractivity contribution in [3.05, 3.63) is 126 Å². The molecule has 0 fully saturated rings. The normalized spacial score (nSPS) is 11.8. The molecule has 248 valence electrons. The highest BCUT2D eigenvalue weighted by molar-refractivity contribution is 7.92. The third-order valence-electron chi connectivity index (χ3n) is 7.48. The Labute approximate surface area is 275 Å². The zero-order chi connectivity index (χ0) is 33.8. The van der Waals surface area contributed by atoms with Crippen molar-refractivity contribution >= 4 is 27.5 Å². The van der Waals surface area contributed by atoms with Crippen molar-refractivity contribution in [3.8, 4) is 5.75 Å². The summed E-state index contributed by atoms with van der Waals surface area (Å²) in [6.45, 7) is 3.84. The molecular formula is C36H39F2N3O5S. The van der Waals surface area contributed by atoms with Crippen LogP contribution < -0.4 is 14.4 Å². The summed E-state index contributed by atoms with van der Waals surface area (Å²) in [7, 11) is -4.40. The average Bonchev–Trinajstić information content (AvgIpc) is 3.07. The number of hydrogen-bond acceptors (Lipinski definition) is 5. The summed E-state index contributed by atoms with van der Waals surface area (Å²) in [6.07, 6.45) is 1.73. The molecule has 0 saturated carbocycles. The quantitative estimate of drug-likeness (QED) is 0.146. The lowest BCUT2D eigenvalue weighted by molar-refractivity contribution is -0.140. The van der Waals surface area contributed by atoms with Crippen LogP contribution in [0.2, 0.25) is 0 Å². The van der Waals surface area contributed by atoms with Gasteiger partial charge in [-0.25, -0.2) is 17.2 Å². The van der Waals surface area contributed by atoms with Gasteiger partial charge in [-0.2, -0.15) is 0 Å². The Bertz CT molecular complexity index is 1700. The van der Waals surface area contributed by atoms with E-state index in [0.717, 1.165) is 47.0 Å². The number of anilines is 1. The SMILES string of the molecule is CCCCNC(=O)C(Cc1ccccc1)N(Cc1ccc(F)cc1)C(=O)CN(c1ccc(OCC)cc1)S(=O)(=O)c1ccc(F)cc1. The van der Waals surface area contributed by atoms with Crippen LogP contribution in [-0.4, -0.2) is 50.9 Å². The van der Waals surface area contributed by atoms with Gasteiger partial charge in [-0.1, -0.05) is 55.8 Å². The summed E-state index contributed by atoms with van der Waals surface area (Å²) in [6, 6.07) is 24.3. The van der Waals surface area contributed by atoms with Gasteiger partial charge in [0.15, 0.2) is 0 Å². The number of ether oxygens (including phenoxy) is 1. The van der Waals surface area contributed by atoms with E-state index in [1.807, 2.05) is 44.2 Å². The largest absolute Gasteiger partial charge is 0.494 e. The van der Waals surface area contributed by atoms with E-state index in [-0.39, 0.29) is 23.5 Å². The molecule has 0 aliphatic heterocycles. The fourth-order valence-corrected chi connectivity index (χ4v) is 6.40. The molecular weight excluding hydrogens is 624 g/mol. The van der Waals surface area contributed by atoms with Crippen molar-refractivity contribution in [2.75, 3.05) is 24.0 Å². The van der Waals surface area contributed by atoms with E-state index in [1.165, 1.54) is 41.3 Å². The zero-order valence-corrected chi connectivity index (χ0v) is 27.3. The van der Waals surface area contributed by atoms with Gasteiger partial charge >= 0.3 is 0 Å². The number of amides is 2. The molecule has 0 aliphatic carbocycles. The summed E-state index contributed by atoms with van der Waals surface area (Å²) in [5.74, 6) is -1.63. The number of carbonyl (C=O) groups excluding carboxylic acids is 2. The van der Waals surface area contributed by atoms with Gasteiger partial charge in [0.05, 0.1) is 17.2 Å². The predicted molar refractivity (Wildman–Crippen MR) is 177 cm³/mol. The molecule has 2 amide bonds. The topological polar surface area (TPSA) is 96.0 Å². The molecule has 1 unspecified atom stereocenters. The van der Waals surface area contributed by atoms with Crippen LogP contribution in [0, 0.1) is 11.6 Å². The van der Waals surface area contributed by atoms with Crippen molar-refractivity contribution in [1.82, 2.24) is 10.2 Å². The molecule has 0 aromatic heterocycles. The lowest BCUT2D eigenvalue weighted by atomic mass is 10.0. The monoisotopic (exact) mass is 663 g/mol. The molecule has 0 aliphatic rings. The smallest absolute Gasteiger partial charge is 0.264 e. The fourth-order valence-electron chi connectivity index (χ4n) is 4.98. The van der Waals surface area contributed by atoms with Gasteiger partial charge in [-0.15, -0.1) is 0 Å². The predicted octanol–water partition coefficient (Wildman–Crippen LogP) is 6.12. The van der Waals surface area contributed by atoms with E-state index < -0.39 is 46.1 Å². The maximum Gasteiger partial charge on any atom is 0.264 e. The van der Waals surface area contributed by atoms with E-state index in [4.69, 9.17) is 4.74 Å². The van der Waals surface area contributed by atoms with Gasteiger partial charge in [0.2, 0.25) is 11.8 Å². The summed E-state index contributed by atoms with van der Waals surface area (Å²) in [5.41, 5.74) is 1.51. The molecule has 0 saturated heterocycles. The van der Waals surface area contributed by atoms with E-state index in [9.17, 15) is 26.8 Å². The van der Waals surface area contributed by atoms with Gasteiger partial charge in [0.25, 0.3) is 10.0 Å². The molecule has 0 radical (unpaired) electrons. The number of rotatable bonds is 16. The first kappa shape index (κ1) is 35.1. The number of unbranched alkanes of at least 4 members (excludes halogenated alkanes) is 1. The Morgan fingerprint density at radius 1 is 0.809 bits per heavy atom. The van der Waals surface area contributed by atoms with Crippen molar-refractivity contribution in [2.24, 2.45) is 0 Å². The minimum absolute atomic E-state index is 0.0917. The van der Waals surface area contributed by atoms with E-state index in [2.05, 4.69) is 5.32 Å². The highest BCUT2D eigenvalue weighted by Gasteiger charge is 2.34. The highest BCUT2D eigenvalue weighted by Crippen LogP contribution is 2.27. The van der Waals surface area contributed by atoms with Crippen LogP contribution in [0.4, 0.5) is 14.5 Å². The number of benzene rings is 4. The molecule has 8 nitrogen and oxygen atoms in total. The van der Waals surface area contributed by atoms with Gasteiger partial charge in [0, 0.05) is 19.5 Å². The second-order valence-corrected chi connectivity index (χ2v) is 12.8. The van der Waals surface area contributed by atoms with Gasteiger partial charge in [0.1, 0.15) is 30.0 Å². The fraction of sp³-hybridized carbons (Fsp3) is 0.278. The van der Waals surface area contributed by atoms with Gasteiger partial charge < -0.3 is 15.0 Å². The third kappa shape index (κ3) is 9.62. The van der Waals surface area contributed by atoms with Crippen LogP contribution in [0.3, 0.4) is 0 Å². The maximum atomic E-state index is 14.4.